The maximum atomic E-state index is 12.8. The monoisotopic (exact) mass is 228 g/mol. The fourth-order valence-corrected chi connectivity index (χ4v) is 1.74. The van der Waals surface area contributed by atoms with Crippen molar-refractivity contribution in [1.82, 2.24) is 9.38 Å². The van der Waals surface area contributed by atoms with Gasteiger partial charge in [-0.05, 0) is 35.0 Å². The largest absolute Gasteiger partial charge is 0.294 e. The Kier molecular flexibility index (Phi) is 1.65. The maximum absolute atomic E-state index is 12.8. The van der Waals surface area contributed by atoms with Gasteiger partial charge < -0.3 is 0 Å². The number of halogens is 2. The van der Waals surface area contributed by atoms with Crippen LogP contribution in [0.25, 0.3) is 5.52 Å². The van der Waals surface area contributed by atoms with E-state index in [0.29, 0.717) is 4.73 Å². The van der Waals surface area contributed by atoms with E-state index in [-0.39, 0.29) is 5.82 Å². The topological polar surface area (TPSA) is 17.3 Å². The molecule has 2 heterocycles. The predicted octanol–water partition coefficient (Wildman–Crippen LogP) is 2.54. The van der Waals surface area contributed by atoms with Crippen molar-refractivity contribution < 1.29 is 4.39 Å². The molecule has 0 aliphatic rings. The highest BCUT2D eigenvalue weighted by Gasteiger charge is 2.04. The zero-order valence-electron chi connectivity index (χ0n) is 6.38. The lowest BCUT2D eigenvalue weighted by molar-refractivity contribution is 0.626. The molecular weight excluding hydrogens is 223 g/mol. The van der Waals surface area contributed by atoms with Gasteiger partial charge in [-0.15, -0.1) is 0 Å². The van der Waals surface area contributed by atoms with Gasteiger partial charge in [-0.2, -0.15) is 0 Å². The average Bonchev–Trinajstić information content (AvgIpc) is 2.28. The molecule has 0 saturated carbocycles. The molecule has 4 heteroatoms. The van der Waals surface area contributed by atoms with Gasteiger partial charge in [-0.3, -0.25) is 4.40 Å². The number of imidazole rings is 1. The number of pyridine rings is 1. The quantitative estimate of drug-likeness (QED) is 0.678. The Morgan fingerprint density at radius 3 is 3.08 bits per heavy atom. The van der Waals surface area contributed by atoms with Gasteiger partial charge in [0.25, 0.3) is 0 Å². The number of hydrogen-bond donors (Lipinski definition) is 0. The van der Waals surface area contributed by atoms with E-state index >= 15 is 0 Å². The minimum Gasteiger partial charge on any atom is -0.294 e. The second kappa shape index (κ2) is 2.55. The number of nitrogens with zero attached hydrogens (tertiary/aromatic N) is 2. The molecule has 0 fully saturated rings. The van der Waals surface area contributed by atoms with Gasteiger partial charge in [0.05, 0.1) is 11.2 Å². The third kappa shape index (κ3) is 1.03. The summed E-state index contributed by atoms with van der Waals surface area (Å²) < 4.78 is 15.3. The molecule has 0 N–H and O–H groups in total. The summed E-state index contributed by atoms with van der Waals surface area (Å²) in [6, 6.07) is 2.87. The molecule has 0 radical (unpaired) electrons. The molecule has 12 heavy (non-hydrogen) atoms. The molecular formula is C8H6BrFN2. The van der Waals surface area contributed by atoms with Crippen molar-refractivity contribution in [2.45, 2.75) is 6.92 Å². The summed E-state index contributed by atoms with van der Waals surface area (Å²) >= 11 is 3.27. The van der Waals surface area contributed by atoms with E-state index in [1.807, 2.05) is 6.92 Å². The standard InChI is InChI=1S/C8H6BrFN2/c1-5-7-4-6(10)2-3-12(7)8(9)11-5/h2-4H,1H3. The molecule has 0 spiro atoms. The summed E-state index contributed by atoms with van der Waals surface area (Å²) in [5.74, 6) is -0.238. The minimum absolute atomic E-state index is 0.238. The Bertz CT molecular complexity index is 436. The molecule has 2 rings (SSSR count). The maximum Gasteiger partial charge on any atom is 0.181 e. The fourth-order valence-electron chi connectivity index (χ4n) is 1.16. The van der Waals surface area contributed by atoms with Crippen LogP contribution in [0.3, 0.4) is 0 Å². The summed E-state index contributed by atoms with van der Waals surface area (Å²) in [6.07, 6.45) is 1.65. The lowest BCUT2D eigenvalue weighted by Crippen LogP contribution is -1.84. The summed E-state index contributed by atoms with van der Waals surface area (Å²) in [7, 11) is 0. The Balaban J connectivity index is 2.90. The normalized spacial score (nSPS) is 10.9. The van der Waals surface area contributed by atoms with E-state index in [9.17, 15) is 4.39 Å². The van der Waals surface area contributed by atoms with Crippen molar-refractivity contribution in [2.75, 3.05) is 0 Å². The van der Waals surface area contributed by atoms with Crippen molar-refractivity contribution in [1.29, 1.82) is 0 Å². The third-order valence-electron chi connectivity index (χ3n) is 1.75. The van der Waals surface area contributed by atoms with Gasteiger partial charge in [0.15, 0.2) is 4.73 Å². The van der Waals surface area contributed by atoms with Crippen LogP contribution in [0.4, 0.5) is 4.39 Å². The summed E-state index contributed by atoms with van der Waals surface area (Å²) in [4.78, 5) is 4.14. The van der Waals surface area contributed by atoms with Crippen LogP contribution in [0.5, 0.6) is 0 Å². The first kappa shape index (κ1) is 7.73. The molecule has 2 nitrogen and oxygen atoms in total. The zero-order valence-corrected chi connectivity index (χ0v) is 7.97. The van der Waals surface area contributed by atoms with Crippen LogP contribution in [0, 0.1) is 12.7 Å². The van der Waals surface area contributed by atoms with Gasteiger partial charge in [0.2, 0.25) is 0 Å². The summed E-state index contributed by atoms with van der Waals surface area (Å²) in [5.41, 5.74) is 1.61. The van der Waals surface area contributed by atoms with E-state index in [1.54, 1.807) is 10.6 Å². The Morgan fingerprint density at radius 2 is 2.33 bits per heavy atom. The molecule has 2 aromatic rings. The smallest absolute Gasteiger partial charge is 0.181 e. The second-order valence-corrected chi connectivity index (χ2v) is 3.28. The molecule has 0 aromatic carbocycles. The summed E-state index contributed by atoms with van der Waals surface area (Å²) in [5, 5.41) is 0. The second-order valence-electron chi connectivity index (χ2n) is 2.57. The highest BCUT2D eigenvalue weighted by Crippen LogP contribution is 2.17. The highest BCUT2D eigenvalue weighted by atomic mass is 79.9. The molecule has 0 atom stereocenters. The van der Waals surface area contributed by atoms with Crippen LogP contribution in [0.15, 0.2) is 23.1 Å². The molecule has 0 bridgehead atoms. The van der Waals surface area contributed by atoms with Crippen LogP contribution in [0.1, 0.15) is 5.69 Å². The average molecular weight is 229 g/mol. The van der Waals surface area contributed by atoms with Crippen molar-refractivity contribution in [3.63, 3.8) is 0 Å². The van der Waals surface area contributed by atoms with Gasteiger partial charge in [0, 0.05) is 6.20 Å². The Labute approximate surface area is 77.2 Å². The van der Waals surface area contributed by atoms with E-state index in [0.717, 1.165) is 11.2 Å². The van der Waals surface area contributed by atoms with Gasteiger partial charge in [0.1, 0.15) is 5.82 Å². The molecule has 0 saturated heterocycles. The third-order valence-corrected chi connectivity index (χ3v) is 2.31. The van der Waals surface area contributed by atoms with Gasteiger partial charge >= 0.3 is 0 Å². The molecule has 0 unspecified atom stereocenters. The van der Waals surface area contributed by atoms with Crippen LogP contribution >= 0.6 is 15.9 Å². The van der Waals surface area contributed by atoms with Crippen molar-refractivity contribution in [3.05, 3.63) is 34.6 Å². The van der Waals surface area contributed by atoms with Crippen molar-refractivity contribution in [2.24, 2.45) is 0 Å². The number of aryl methyl sites for hydroxylation is 1. The fraction of sp³-hybridized carbons (Fsp3) is 0.125. The van der Waals surface area contributed by atoms with Crippen molar-refractivity contribution in [3.8, 4) is 0 Å². The first-order chi connectivity index (χ1) is 5.68. The Hall–Kier alpha value is -0.900. The first-order valence-electron chi connectivity index (χ1n) is 3.48. The SMILES string of the molecule is Cc1nc(Br)n2ccc(F)cc12. The lowest BCUT2D eigenvalue weighted by atomic mass is 10.3. The number of fused-ring (bicyclic) bond motifs is 1. The number of aromatic nitrogens is 2. The first-order valence-corrected chi connectivity index (χ1v) is 4.27. The predicted molar refractivity (Wildman–Crippen MR) is 47.6 cm³/mol. The van der Waals surface area contributed by atoms with E-state index in [1.165, 1.54) is 12.1 Å². The minimum atomic E-state index is -0.238. The van der Waals surface area contributed by atoms with Crippen LogP contribution in [-0.4, -0.2) is 9.38 Å². The highest BCUT2D eigenvalue weighted by molar-refractivity contribution is 9.10. The van der Waals surface area contributed by atoms with Crippen LogP contribution < -0.4 is 0 Å². The number of hydrogen-bond acceptors (Lipinski definition) is 1. The molecule has 2 aromatic heterocycles. The van der Waals surface area contributed by atoms with Crippen molar-refractivity contribution >= 4 is 21.4 Å². The van der Waals surface area contributed by atoms with E-state index < -0.39 is 0 Å². The Morgan fingerprint density at radius 1 is 1.58 bits per heavy atom. The molecule has 0 aliphatic carbocycles. The number of rotatable bonds is 0. The molecule has 0 amide bonds. The van der Waals surface area contributed by atoms with E-state index in [4.69, 9.17) is 0 Å². The summed E-state index contributed by atoms with van der Waals surface area (Å²) in [6.45, 7) is 1.85. The van der Waals surface area contributed by atoms with Crippen LogP contribution in [0.2, 0.25) is 0 Å². The van der Waals surface area contributed by atoms with Gasteiger partial charge in [-0.25, -0.2) is 9.37 Å². The molecule has 62 valence electrons. The van der Waals surface area contributed by atoms with Crippen LogP contribution in [-0.2, 0) is 0 Å². The zero-order chi connectivity index (χ0) is 8.72. The van der Waals surface area contributed by atoms with Gasteiger partial charge in [-0.1, -0.05) is 0 Å². The molecule has 0 aliphatic heterocycles. The van der Waals surface area contributed by atoms with E-state index in [2.05, 4.69) is 20.9 Å². The lowest BCUT2D eigenvalue weighted by Gasteiger charge is -1.94.